The minimum atomic E-state index is -0.646. The SMILES string of the molecule is Cn1cnnc1C1CCN(C(=O)C(C)(C)c2ccccc2Cl)C1. The molecular weight excluding hydrogens is 312 g/mol. The van der Waals surface area contributed by atoms with Crippen LogP contribution in [-0.4, -0.2) is 38.7 Å². The van der Waals surface area contributed by atoms with E-state index in [9.17, 15) is 4.79 Å². The Bertz CT molecular complexity index is 725. The molecule has 0 aliphatic carbocycles. The van der Waals surface area contributed by atoms with Crippen molar-refractivity contribution < 1.29 is 4.79 Å². The van der Waals surface area contributed by atoms with Crippen LogP contribution in [0.3, 0.4) is 0 Å². The summed E-state index contributed by atoms with van der Waals surface area (Å²) in [5.74, 6) is 1.29. The molecule has 5 nitrogen and oxygen atoms in total. The maximum absolute atomic E-state index is 13.0. The molecule has 1 saturated heterocycles. The van der Waals surface area contributed by atoms with Gasteiger partial charge in [-0.1, -0.05) is 29.8 Å². The van der Waals surface area contributed by atoms with Gasteiger partial charge >= 0.3 is 0 Å². The number of rotatable bonds is 3. The van der Waals surface area contributed by atoms with E-state index in [0.29, 0.717) is 11.6 Å². The molecule has 1 unspecified atom stereocenters. The lowest BCUT2D eigenvalue weighted by Gasteiger charge is -2.30. The Morgan fingerprint density at radius 1 is 1.35 bits per heavy atom. The quantitative estimate of drug-likeness (QED) is 0.868. The molecule has 23 heavy (non-hydrogen) atoms. The molecule has 0 bridgehead atoms. The topological polar surface area (TPSA) is 51.0 Å². The van der Waals surface area contributed by atoms with E-state index in [4.69, 9.17) is 11.6 Å². The van der Waals surface area contributed by atoms with Gasteiger partial charge in [0.05, 0.1) is 5.41 Å². The van der Waals surface area contributed by atoms with E-state index >= 15 is 0 Å². The number of aryl methyl sites for hydroxylation is 1. The van der Waals surface area contributed by atoms with Crippen LogP contribution < -0.4 is 0 Å². The Kier molecular flexibility index (Phi) is 4.15. The third-order valence-corrected chi connectivity index (χ3v) is 5.00. The minimum absolute atomic E-state index is 0.107. The number of benzene rings is 1. The maximum atomic E-state index is 13.0. The van der Waals surface area contributed by atoms with Crippen LogP contribution in [0.15, 0.2) is 30.6 Å². The highest BCUT2D eigenvalue weighted by atomic mass is 35.5. The Balaban J connectivity index is 1.79. The lowest BCUT2D eigenvalue weighted by atomic mass is 9.83. The zero-order valence-electron chi connectivity index (χ0n) is 13.7. The van der Waals surface area contributed by atoms with Crippen molar-refractivity contribution in [3.63, 3.8) is 0 Å². The van der Waals surface area contributed by atoms with Gasteiger partial charge in [0.25, 0.3) is 0 Å². The number of hydrogen-bond acceptors (Lipinski definition) is 3. The van der Waals surface area contributed by atoms with Crippen molar-refractivity contribution in [1.82, 2.24) is 19.7 Å². The second-order valence-electron chi connectivity index (χ2n) is 6.64. The Labute approximate surface area is 141 Å². The van der Waals surface area contributed by atoms with Crippen LogP contribution in [-0.2, 0) is 17.3 Å². The molecule has 0 spiro atoms. The van der Waals surface area contributed by atoms with Crippen molar-refractivity contribution >= 4 is 17.5 Å². The fourth-order valence-electron chi connectivity index (χ4n) is 3.30. The van der Waals surface area contributed by atoms with Gasteiger partial charge in [-0.2, -0.15) is 0 Å². The van der Waals surface area contributed by atoms with Crippen LogP contribution >= 0.6 is 11.6 Å². The van der Waals surface area contributed by atoms with Gasteiger partial charge in [-0.3, -0.25) is 4.79 Å². The average Bonchev–Trinajstić information content (AvgIpc) is 3.15. The van der Waals surface area contributed by atoms with E-state index in [2.05, 4.69) is 10.2 Å². The van der Waals surface area contributed by atoms with E-state index in [-0.39, 0.29) is 11.8 Å². The van der Waals surface area contributed by atoms with Gasteiger partial charge in [0.15, 0.2) is 0 Å². The van der Waals surface area contributed by atoms with Crippen LogP contribution in [0, 0.1) is 0 Å². The first-order chi connectivity index (χ1) is 10.9. The van der Waals surface area contributed by atoms with E-state index < -0.39 is 5.41 Å². The van der Waals surface area contributed by atoms with Gasteiger partial charge in [0, 0.05) is 31.1 Å². The number of carbonyl (C=O) groups is 1. The molecule has 1 amide bonds. The smallest absolute Gasteiger partial charge is 0.232 e. The van der Waals surface area contributed by atoms with Gasteiger partial charge in [-0.15, -0.1) is 10.2 Å². The van der Waals surface area contributed by atoms with E-state index in [1.807, 2.05) is 54.6 Å². The van der Waals surface area contributed by atoms with Gasteiger partial charge < -0.3 is 9.47 Å². The number of nitrogens with zero attached hydrogens (tertiary/aromatic N) is 4. The summed E-state index contributed by atoms with van der Waals surface area (Å²) in [6.45, 7) is 5.29. The number of hydrogen-bond donors (Lipinski definition) is 0. The summed E-state index contributed by atoms with van der Waals surface area (Å²) in [5.41, 5.74) is 0.224. The van der Waals surface area contributed by atoms with Crippen LogP contribution in [0.5, 0.6) is 0 Å². The molecule has 1 fully saturated rings. The molecule has 3 rings (SSSR count). The third-order valence-electron chi connectivity index (χ3n) is 4.67. The lowest BCUT2D eigenvalue weighted by Crippen LogP contribution is -2.42. The first-order valence-electron chi connectivity index (χ1n) is 7.79. The predicted octanol–water partition coefficient (Wildman–Crippen LogP) is 2.76. The van der Waals surface area contributed by atoms with Crippen molar-refractivity contribution in [3.8, 4) is 0 Å². The largest absolute Gasteiger partial charge is 0.341 e. The fourth-order valence-corrected chi connectivity index (χ4v) is 3.67. The molecular formula is C17H21ClN4O. The van der Waals surface area contributed by atoms with Crippen LogP contribution in [0.25, 0.3) is 0 Å². The number of aromatic nitrogens is 3. The summed E-state index contributed by atoms with van der Waals surface area (Å²) < 4.78 is 1.93. The lowest BCUT2D eigenvalue weighted by molar-refractivity contribution is -0.135. The van der Waals surface area contributed by atoms with E-state index in [0.717, 1.165) is 24.4 Å². The van der Waals surface area contributed by atoms with Crippen LogP contribution in [0.1, 0.15) is 37.6 Å². The Morgan fingerprint density at radius 2 is 2.09 bits per heavy atom. The van der Waals surface area contributed by atoms with E-state index in [1.54, 1.807) is 6.33 Å². The molecule has 1 aromatic carbocycles. The molecule has 1 aliphatic heterocycles. The number of halogens is 1. The van der Waals surface area contributed by atoms with E-state index in [1.165, 1.54) is 0 Å². The Hall–Kier alpha value is -1.88. The maximum Gasteiger partial charge on any atom is 0.232 e. The highest BCUT2D eigenvalue weighted by Crippen LogP contribution is 2.34. The second kappa shape index (κ2) is 5.96. The fraction of sp³-hybridized carbons (Fsp3) is 0.471. The minimum Gasteiger partial charge on any atom is -0.341 e. The first-order valence-corrected chi connectivity index (χ1v) is 8.17. The van der Waals surface area contributed by atoms with Gasteiger partial charge in [0.1, 0.15) is 12.2 Å². The average molecular weight is 333 g/mol. The molecule has 6 heteroatoms. The second-order valence-corrected chi connectivity index (χ2v) is 7.05. The highest BCUT2D eigenvalue weighted by Gasteiger charge is 2.39. The highest BCUT2D eigenvalue weighted by molar-refractivity contribution is 6.31. The summed E-state index contributed by atoms with van der Waals surface area (Å²) in [5, 5.41) is 8.75. The Morgan fingerprint density at radius 3 is 2.74 bits per heavy atom. The van der Waals surface area contributed by atoms with Crippen molar-refractivity contribution in [2.75, 3.05) is 13.1 Å². The summed E-state index contributed by atoms with van der Waals surface area (Å²) >= 11 is 6.30. The molecule has 2 heterocycles. The van der Waals surface area contributed by atoms with Gasteiger partial charge in [-0.25, -0.2) is 0 Å². The van der Waals surface area contributed by atoms with Crippen molar-refractivity contribution in [3.05, 3.63) is 47.0 Å². The van der Waals surface area contributed by atoms with Gasteiger partial charge in [0.2, 0.25) is 5.91 Å². The summed E-state index contributed by atoms with van der Waals surface area (Å²) in [6.07, 6.45) is 2.62. The monoisotopic (exact) mass is 332 g/mol. The summed E-state index contributed by atoms with van der Waals surface area (Å²) in [4.78, 5) is 15.0. The first kappa shape index (κ1) is 16.0. The number of amides is 1. The molecule has 1 atom stereocenters. The van der Waals surface area contributed by atoms with Gasteiger partial charge in [-0.05, 0) is 31.9 Å². The standard InChI is InChI=1S/C17H21ClN4O/c1-17(2,13-6-4-5-7-14(13)18)16(23)22-9-8-12(10-22)15-20-19-11-21(15)3/h4-7,11-12H,8-10H2,1-3H3. The molecule has 1 aromatic heterocycles. The summed E-state index contributed by atoms with van der Waals surface area (Å²) in [7, 11) is 1.94. The molecule has 1 aliphatic rings. The molecule has 0 radical (unpaired) electrons. The molecule has 0 saturated carbocycles. The number of likely N-dealkylation sites (tertiary alicyclic amines) is 1. The van der Waals surface area contributed by atoms with Crippen LogP contribution in [0.4, 0.5) is 0 Å². The molecule has 0 N–H and O–H groups in total. The summed E-state index contributed by atoms with van der Waals surface area (Å²) in [6, 6.07) is 7.56. The zero-order chi connectivity index (χ0) is 16.6. The van der Waals surface area contributed by atoms with Crippen molar-refractivity contribution in [1.29, 1.82) is 0 Å². The third kappa shape index (κ3) is 2.85. The molecule has 2 aromatic rings. The molecule has 122 valence electrons. The van der Waals surface area contributed by atoms with Crippen molar-refractivity contribution in [2.45, 2.75) is 31.6 Å². The van der Waals surface area contributed by atoms with Crippen LogP contribution in [0.2, 0.25) is 5.02 Å². The number of carbonyl (C=O) groups excluding carboxylic acids is 1. The predicted molar refractivity (Wildman–Crippen MR) is 89.4 cm³/mol. The normalized spacial score (nSPS) is 18.4. The van der Waals surface area contributed by atoms with Crippen molar-refractivity contribution in [2.24, 2.45) is 7.05 Å². The zero-order valence-corrected chi connectivity index (χ0v) is 14.4.